The van der Waals surface area contributed by atoms with Crippen molar-refractivity contribution in [1.29, 1.82) is 0 Å². The molecule has 0 saturated carbocycles. The van der Waals surface area contributed by atoms with E-state index in [1.807, 2.05) is 4.90 Å². The molecule has 1 rings (SSSR count). The molecule has 0 unspecified atom stereocenters. The molecule has 1 saturated heterocycles. The van der Waals surface area contributed by atoms with Gasteiger partial charge in [-0.15, -0.1) is 24.0 Å². The highest BCUT2D eigenvalue weighted by Crippen LogP contribution is 2.11. The van der Waals surface area contributed by atoms with E-state index in [4.69, 9.17) is 0 Å². The monoisotopic (exact) mass is 509 g/mol. The Morgan fingerprint density at radius 2 is 1.82 bits per heavy atom. The predicted molar refractivity (Wildman–Crippen MR) is 131 cm³/mol. The number of guanidine groups is 1. The van der Waals surface area contributed by atoms with Crippen LogP contribution < -0.4 is 10.6 Å². The lowest BCUT2D eigenvalue weighted by Crippen LogP contribution is -2.41. The van der Waals surface area contributed by atoms with Gasteiger partial charge in [-0.05, 0) is 60.3 Å². The summed E-state index contributed by atoms with van der Waals surface area (Å²) in [6, 6.07) is 1.15. The fraction of sp³-hybridized carbons (Fsp3) is 0.905. The largest absolute Gasteiger partial charge is 0.357 e. The van der Waals surface area contributed by atoms with Gasteiger partial charge in [0, 0.05) is 57.8 Å². The summed E-state index contributed by atoms with van der Waals surface area (Å²) in [5.41, 5.74) is 0. The van der Waals surface area contributed by atoms with Crippen molar-refractivity contribution in [2.45, 2.75) is 85.2 Å². The molecule has 7 heteroatoms. The second-order valence-electron chi connectivity index (χ2n) is 8.01. The molecule has 0 aromatic rings. The molecular formula is C21H44IN5O. The van der Waals surface area contributed by atoms with Gasteiger partial charge in [0.25, 0.3) is 0 Å². The highest BCUT2D eigenvalue weighted by molar-refractivity contribution is 14.0. The van der Waals surface area contributed by atoms with Crippen molar-refractivity contribution in [3.8, 4) is 0 Å². The normalized spacial score (nSPS) is 15.8. The summed E-state index contributed by atoms with van der Waals surface area (Å²) in [4.78, 5) is 21.2. The Morgan fingerprint density at radius 1 is 1.11 bits per heavy atom. The molecule has 0 aromatic carbocycles. The van der Waals surface area contributed by atoms with Gasteiger partial charge in [-0.25, -0.2) is 0 Å². The Balaban J connectivity index is 0.00000729. The zero-order valence-electron chi connectivity index (χ0n) is 18.8. The van der Waals surface area contributed by atoms with Crippen molar-refractivity contribution in [3.63, 3.8) is 0 Å². The van der Waals surface area contributed by atoms with E-state index in [1.54, 1.807) is 0 Å². The third-order valence-electron chi connectivity index (χ3n) is 5.08. The quantitative estimate of drug-likeness (QED) is 0.194. The maximum absolute atomic E-state index is 12.0. The van der Waals surface area contributed by atoms with Crippen molar-refractivity contribution in [1.82, 2.24) is 20.4 Å². The summed E-state index contributed by atoms with van der Waals surface area (Å²) in [7, 11) is 0. The van der Waals surface area contributed by atoms with Crippen LogP contribution in [0.3, 0.4) is 0 Å². The van der Waals surface area contributed by atoms with Gasteiger partial charge in [0.05, 0.1) is 0 Å². The van der Waals surface area contributed by atoms with Crippen LogP contribution >= 0.6 is 24.0 Å². The average Bonchev–Trinajstić information content (AvgIpc) is 2.82. The number of carbonyl (C=O) groups excluding carboxylic acids is 1. The molecule has 0 atom stereocenters. The van der Waals surface area contributed by atoms with E-state index < -0.39 is 0 Å². The molecule has 6 nitrogen and oxygen atoms in total. The Bertz CT molecular complexity index is 435. The van der Waals surface area contributed by atoms with Crippen LogP contribution in [0.2, 0.25) is 0 Å². The van der Waals surface area contributed by atoms with Crippen molar-refractivity contribution in [2.75, 3.05) is 39.3 Å². The van der Waals surface area contributed by atoms with Gasteiger partial charge in [-0.1, -0.05) is 6.42 Å². The zero-order valence-corrected chi connectivity index (χ0v) is 21.1. The number of nitrogens with zero attached hydrogens (tertiary/aromatic N) is 3. The van der Waals surface area contributed by atoms with Gasteiger partial charge in [0.2, 0.25) is 5.91 Å². The summed E-state index contributed by atoms with van der Waals surface area (Å²) in [5.74, 6) is 1.21. The maximum Gasteiger partial charge on any atom is 0.222 e. The van der Waals surface area contributed by atoms with Crippen LogP contribution in [0.15, 0.2) is 4.99 Å². The highest BCUT2D eigenvalue weighted by atomic mass is 127. The number of nitrogens with one attached hydrogen (secondary N) is 2. The van der Waals surface area contributed by atoms with Crippen molar-refractivity contribution in [2.24, 2.45) is 4.99 Å². The van der Waals surface area contributed by atoms with Crippen LogP contribution in [0.1, 0.15) is 73.1 Å². The Kier molecular flexibility index (Phi) is 15.9. The Labute approximate surface area is 190 Å². The molecule has 1 fully saturated rings. The maximum atomic E-state index is 12.0. The molecule has 1 heterocycles. The SMILES string of the molecule is CCNC(=NCCCN1CCCCCC1=O)NCCCN(C(C)C)C(C)C.I. The minimum Gasteiger partial charge on any atom is -0.357 e. The van der Waals surface area contributed by atoms with E-state index in [0.29, 0.717) is 18.0 Å². The molecule has 0 bridgehead atoms. The minimum absolute atomic E-state index is 0. The van der Waals surface area contributed by atoms with Crippen LogP contribution in [0.5, 0.6) is 0 Å². The summed E-state index contributed by atoms with van der Waals surface area (Å²) in [6.07, 6.45) is 6.12. The van der Waals surface area contributed by atoms with Crippen LogP contribution in [0.4, 0.5) is 0 Å². The molecule has 1 aliphatic rings. The Morgan fingerprint density at radius 3 is 2.46 bits per heavy atom. The lowest BCUT2D eigenvalue weighted by Gasteiger charge is -2.30. The van der Waals surface area contributed by atoms with E-state index in [9.17, 15) is 4.79 Å². The Hall–Kier alpha value is -0.570. The number of rotatable bonds is 11. The lowest BCUT2D eigenvalue weighted by molar-refractivity contribution is -0.130. The smallest absolute Gasteiger partial charge is 0.222 e. The minimum atomic E-state index is 0. The molecule has 0 aliphatic carbocycles. The molecular weight excluding hydrogens is 465 g/mol. The first-order valence-corrected chi connectivity index (χ1v) is 11.0. The summed E-state index contributed by atoms with van der Waals surface area (Å²) in [5, 5.41) is 6.76. The van der Waals surface area contributed by atoms with Crippen molar-refractivity contribution < 1.29 is 4.79 Å². The molecule has 166 valence electrons. The van der Waals surface area contributed by atoms with Crippen molar-refractivity contribution >= 4 is 35.8 Å². The number of halogens is 1. The van der Waals surface area contributed by atoms with E-state index in [1.165, 1.54) is 6.42 Å². The van der Waals surface area contributed by atoms with E-state index >= 15 is 0 Å². The second-order valence-corrected chi connectivity index (χ2v) is 8.01. The van der Waals surface area contributed by atoms with E-state index in [2.05, 4.69) is 55.1 Å². The fourth-order valence-electron chi connectivity index (χ4n) is 3.65. The second kappa shape index (κ2) is 16.3. The first kappa shape index (κ1) is 27.4. The molecule has 0 radical (unpaired) electrons. The lowest BCUT2D eigenvalue weighted by atomic mass is 10.2. The van der Waals surface area contributed by atoms with Crippen LogP contribution in [-0.4, -0.2) is 73.0 Å². The van der Waals surface area contributed by atoms with Crippen LogP contribution in [0.25, 0.3) is 0 Å². The number of aliphatic imine (C=N–C) groups is 1. The summed E-state index contributed by atoms with van der Waals surface area (Å²) in [6.45, 7) is 16.5. The average molecular weight is 510 g/mol. The van der Waals surface area contributed by atoms with Gasteiger partial charge in [0.15, 0.2) is 5.96 Å². The van der Waals surface area contributed by atoms with E-state index in [-0.39, 0.29) is 24.0 Å². The van der Waals surface area contributed by atoms with Crippen molar-refractivity contribution in [3.05, 3.63) is 0 Å². The fourth-order valence-corrected chi connectivity index (χ4v) is 3.65. The van der Waals surface area contributed by atoms with Gasteiger partial charge >= 0.3 is 0 Å². The molecule has 1 amide bonds. The first-order valence-electron chi connectivity index (χ1n) is 11.0. The van der Waals surface area contributed by atoms with E-state index in [0.717, 1.165) is 77.3 Å². The van der Waals surface area contributed by atoms with Gasteiger partial charge < -0.3 is 15.5 Å². The molecule has 0 spiro atoms. The molecule has 28 heavy (non-hydrogen) atoms. The topological polar surface area (TPSA) is 60.0 Å². The molecule has 0 aromatic heterocycles. The first-order chi connectivity index (χ1) is 13.0. The number of amides is 1. The third kappa shape index (κ3) is 11.4. The predicted octanol–water partition coefficient (Wildman–Crippen LogP) is 3.46. The van der Waals surface area contributed by atoms with Crippen LogP contribution in [-0.2, 0) is 4.79 Å². The standard InChI is InChI=1S/C21H43N5O.HI/c1-6-22-21(24-14-11-17-26(18(2)3)19(4)5)23-13-10-16-25-15-9-7-8-12-20(25)27;/h18-19H,6-17H2,1-5H3,(H2,22,23,24);1H. The molecule has 1 aliphatic heterocycles. The summed E-state index contributed by atoms with van der Waals surface area (Å²) >= 11 is 0. The number of carbonyl (C=O) groups is 1. The molecule has 2 N–H and O–H groups in total. The van der Waals surface area contributed by atoms with Gasteiger partial charge in [-0.2, -0.15) is 0 Å². The van der Waals surface area contributed by atoms with Crippen LogP contribution in [0, 0.1) is 0 Å². The third-order valence-corrected chi connectivity index (χ3v) is 5.08. The number of likely N-dealkylation sites (tertiary alicyclic amines) is 1. The zero-order chi connectivity index (χ0) is 20.1. The van der Waals surface area contributed by atoms with Gasteiger partial charge in [-0.3, -0.25) is 14.7 Å². The number of hydrogen-bond acceptors (Lipinski definition) is 3. The summed E-state index contributed by atoms with van der Waals surface area (Å²) < 4.78 is 0. The number of hydrogen-bond donors (Lipinski definition) is 2. The van der Waals surface area contributed by atoms with Gasteiger partial charge in [0.1, 0.15) is 0 Å². The highest BCUT2D eigenvalue weighted by Gasteiger charge is 2.15.